The molecule has 1 N–H and O–H groups in total. The molecule has 3 saturated heterocycles. The number of carbonyl (C=O) groups is 1. The summed E-state index contributed by atoms with van der Waals surface area (Å²) in [6, 6.07) is 6.28. The van der Waals surface area contributed by atoms with E-state index in [1.807, 2.05) is 32.3 Å². The van der Waals surface area contributed by atoms with Crippen LogP contribution < -0.4 is 10.2 Å². The average Bonchev–Trinajstić information content (AvgIpc) is 3.00. The van der Waals surface area contributed by atoms with Crippen molar-refractivity contribution < 1.29 is 9.21 Å². The monoisotopic (exact) mass is 350 g/mol. The van der Waals surface area contributed by atoms with Gasteiger partial charge in [-0.25, -0.2) is 0 Å². The lowest BCUT2D eigenvalue weighted by Gasteiger charge is -2.44. The normalized spacial score (nSPS) is 25.3. The summed E-state index contributed by atoms with van der Waals surface area (Å²) >= 11 is 0. The molecule has 3 aliphatic heterocycles. The van der Waals surface area contributed by atoms with E-state index in [1.54, 1.807) is 4.90 Å². The largest absolute Gasteiger partial charge is 0.423 e. The molecule has 5 rings (SSSR count). The predicted molar refractivity (Wildman–Crippen MR) is 96.0 cm³/mol. The van der Waals surface area contributed by atoms with Crippen molar-refractivity contribution in [1.29, 1.82) is 0 Å². The number of hydrogen-bond donors (Lipinski definition) is 1. The molecule has 0 aliphatic carbocycles. The van der Waals surface area contributed by atoms with Gasteiger partial charge in [-0.05, 0) is 44.0 Å². The molecule has 0 unspecified atom stereocenters. The van der Waals surface area contributed by atoms with Crippen molar-refractivity contribution in [1.82, 2.24) is 15.2 Å². The number of hydrogen-bond acceptors (Lipinski definition) is 5. The highest BCUT2D eigenvalue weighted by molar-refractivity contribution is 6.04. The van der Waals surface area contributed by atoms with Crippen LogP contribution in [-0.4, -0.2) is 55.6 Å². The molecular formula is C17H23ClN4O2. The van der Waals surface area contributed by atoms with Gasteiger partial charge in [0.2, 0.25) is 0 Å². The van der Waals surface area contributed by atoms with Crippen LogP contribution in [0.5, 0.6) is 0 Å². The number of nitrogens with zero attached hydrogens (tertiary/aromatic N) is 3. The molecule has 24 heavy (non-hydrogen) atoms. The fourth-order valence-corrected chi connectivity index (χ4v) is 3.69. The molecule has 0 radical (unpaired) electrons. The molecule has 2 aromatic rings. The summed E-state index contributed by atoms with van der Waals surface area (Å²) in [7, 11) is 3.75. The zero-order valence-corrected chi connectivity index (χ0v) is 14.8. The van der Waals surface area contributed by atoms with Gasteiger partial charge in [-0.2, -0.15) is 4.98 Å². The first kappa shape index (κ1) is 17.0. The summed E-state index contributed by atoms with van der Waals surface area (Å²) in [6.45, 7) is 3.30. The Hall–Kier alpha value is -1.79. The predicted octanol–water partition coefficient (Wildman–Crippen LogP) is 2.14. The van der Waals surface area contributed by atoms with Gasteiger partial charge in [-0.1, -0.05) is 6.07 Å². The average molecular weight is 351 g/mol. The fourth-order valence-electron chi connectivity index (χ4n) is 3.69. The van der Waals surface area contributed by atoms with E-state index < -0.39 is 0 Å². The Morgan fingerprint density at radius 2 is 2.08 bits per heavy atom. The maximum absolute atomic E-state index is 12.8. The molecule has 7 heteroatoms. The van der Waals surface area contributed by atoms with Crippen LogP contribution in [0.25, 0.3) is 11.1 Å². The first-order valence-electron chi connectivity index (χ1n) is 8.22. The van der Waals surface area contributed by atoms with Crippen molar-refractivity contribution >= 4 is 35.4 Å². The van der Waals surface area contributed by atoms with Crippen LogP contribution in [0.15, 0.2) is 22.6 Å². The van der Waals surface area contributed by atoms with Gasteiger partial charge < -0.3 is 19.5 Å². The van der Waals surface area contributed by atoms with Crippen LogP contribution in [0.1, 0.15) is 23.2 Å². The molecule has 3 aliphatic rings. The summed E-state index contributed by atoms with van der Waals surface area (Å²) in [6.07, 6.45) is 2.37. The Morgan fingerprint density at radius 1 is 1.33 bits per heavy atom. The van der Waals surface area contributed by atoms with Crippen LogP contribution in [0.2, 0.25) is 0 Å². The van der Waals surface area contributed by atoms with E-state index in [-0.39, 0.29) is 24.4 Å². The number of halogens is 1. The summed E-state index contributed by atoms with van der Waals surface area (Å²) in [5, 5.41) is 3.22. The molecule has 130 valence electrons. The summed E-state index contributed by atoms with van der Waals surface area (Å²) < 4.78 is 5.69. The Bertz CT molecular complexity index is 737. The van der Waals surface area contributed by atoms with E-state index in [4.69, 9.17) is 4.42 Å². The Balaban J connectivity index is 0.00000169. The number of anilines is 1. The number of aromatic nitrogens is 1. The van der Waals surface area contributed by atoms with E-state index >= 15 is 0 Å². The van der Waals surface area contributed by atoms with Crippen molar-refractivity contribution in [2.75, 3.05) is 38.6 Å². The second-order valence-electron chi connectivity index (χ2n) is 6.76. The minimum absolute atomic E-state index is 0. The van der Waals surface area contributed by atoms with Crippen molar-refractivity contribution in [3.8, 4) is 0 Å². The number of para-hydroxylation sites is 1. The molecule has 3 fully saturated rings. The van der Waals surface area contributed by atoms with Crippen molar-refractivity contribution in [2.45, 2.75) is 18.9 Å². The summed E-state index contributed by atoms with van der Waals surface area (Å²) in [5.74, 6) is 0.561. The van der Waals surface area contributed by atoms with Crippen molar-refractivity contribution in [3.63, 3.8) is 0 Å². The third-order valence-electron chi connectivity index (χ3n) is 5.01. The van der Waals surface area contributed by atoms with Gasteiger partial charge in [0.15, 0.2) is 5.58 Å². The minimum Gasteiger partial charge on any atom is -0.423 e. The molecule has 0 saturated carbocycles. The SMILES string of the molecule is CN(C)c1nc2c(C(=O)N[C@@H]3CN4CCC3CC4)cccc2o1.Cl. The summed E-state index contributed by atoms with van der Waals surface area (Å²) in [4.78, 5) is 21.5. The highest BCUT2D eigenvalue weighted by Crippen LogP contribution is 2.28. The lowest BCUT2D eigenvalue weighted by Crippen LogP contribution is -2.57. The molecule has 1 aromatic carbocycles. The number of piperidine rings is 3. The smallest absolute Gasteiger partial charge is 0.297 e. The molecule has 1 aromatic heterocycles. The number of amides is 1. The Kier molecular flexibility index (Phi) is 4.69. The van der Waals surface area contributed by atoms with Crippen LogP contribution >= 0.6 is 12.4 Å². The zero-order chi connectivity index (χ0) is 16.0. The third kappa shape index (κ3) is 2.96. The van der Waals surface area contributed by atoms with E-state index in [9.17, 15) is 4.79 Å². The quantitative estimate of drug-likeness (QED) is 0.919. The zero-order valence-electron chi connectivity index (χ0n) is 14.0. The van der Waals surface area contributed by atoms with Crippen molar-refractivity contribution in [2.24, 2.45) is 5.92 Å². The molecule has 0 spiro atoms. The van der Waals surface area contributed by atoms with Gasteiger partial charge in [-0.15, -0.1) is 12.4 Å². The number of carbonyl (C=O) groups excluding carboxylic acids is 1. The molecular weight excluding hydrogens is 328 g/mol. The molecule has 1 amide bonds. The first-order chi connectivity index (χ1) is 11.1. The maximum atomic E-state index is 12.8. The number of rotatable bonds is 3. The number of benzene rings is 1. The Labute approximate surface area is 147 Å². The molecule has 2 bridgehead atoms. The van der Waals surface area contributed by atoms with Gasteiger partial charge in [0.25, 0.3) is 11.9 Å². The van der Waals surface area contributed by atoms with Gasteiger partial charge in [0.1, 0.15) is 5.52 Å². The van der Waals surface area contributed by atoms with Crippen molar-refractivity contribution in [3.05, 3.63) is 23.8 Å². The second kappa shape index (κ2) is 6.61. The highest BCUT2D eigenvalue weighted by atomic mass is 35.5. The van der Waals surface area contributed by atoms with Gasteiger partial charge in [0.05, 0.1) is 5.56 Å². The van der Waals surface area contributed by atoms with Gasteiger partial charge in [0, 0.05) is 26.7 Å². The topological polar surface area (TPSA) is 61.6 Å². The highest BCUT2D eigenvalue weighted by Gasteiger charge is 2.35. The van der Waals surface area contributed by atoms with Gasteiger partial charge in [-0.3, -0.25) is 4.79 Å². The van der Waals surface area contributed by atoms with Crippen LogP contribution in [0, 0.1) is 5.92 Å². The maximum Gasteiger partial charge on any atom is 0.297 e. The van der Waals surface area contributed by atoms with Gasteiger partial charge >= 0.3 is 0 Å². The standard InChI is InChI=1S/C17H22N4O2.ClH/c1-20(2)17-19-15-12(4-3-5-14(15)23-17)16(22)18-13-10-21-8-6-11(13)7-9-21;/h3-5,11,13H,6-10H2,1-2H3,(H,18,22);1H/t13-;/m1./s1. The third-order valence-corrected chi connectivity index (χ3v) is 5.01. The van der Waals surface area contributed by atoms with E-state index in [1.165, 1.54) is 25.9 Å². The van der Waals surface area contributed by atoms with E-state index in [2.05, 4.69) is 15.2 Å². The number of nitrogens with one attached hydrogen (secondary N) is 1. The van der Waals surface area contributed by atoms with Crippen LogP contribution in [-0.2, 0) is 0 Å². The fraction of sp³-hybridized carbons (Fsp3) is 0.529. The van der Waals surface area contributed by atoms with E-state index in [0.717, 1.165) is 6.54 Å². The lowest BCUT2D eigenvalue weighted by atomic mass is 9.84. The van der Waals surface area contributed by atoms with Crippen LogP contribution in [0.4, 0.5) is 6.01 Å². The number of fused-ring (bicyclic) bond motifs is 4. The second-order valence-corrected chi connectivity index (χ2v) is 6.76. The van der Waals surface area contributed by atoms with Crippen LogP contribution in [0.3, 0.4) is 0 Å². The Morgan fingerprint density at radius 3 is 2.71 bits per heavy atom. The van der Waals surface area contributed by atoms with E-state index in [0.29, 0.717) is 28.6 Å². The lowest BCUT2D eigenvalue weighted by molar-refractivity contribution is 0.0621. The minimum atomic E-state index is -0.0482. The molecule has 1 atom stereocenters. The molecule has 6 nitrogen and oxygen atoms in total. The first-order valence-corrected chi connectivity index (χ1v) is 8.22. The summed E-state index contributed by atoms with van der Waals surface area (Å²) in [5.41, 5.74) is 1.88. The number of oxazole rings is 1. The molecule has 4 heterocycles.